The number of carbonyl (C=O) groups excluding carboxylic acids is 1. The number of fused-ring (bicyclic) bond motifs is 2. The van der Waals surface area contributed by atoms with Crippen LogP contribution in [0.4, 0.5) is 5.69 Å². The third-order valence-electron chi connectivity index (χ3n) is 6.24. The fraction of sp³-hybridized carbons (Fsp3) is 0.208. The number of rotatable bonds is 6. The first-order valence-corrected chi connectivity index (χ1v) is 12.2. The van der Waals surface area contributed by atoms with E-state index in [0.717, 1.165) is 28.6 Å². The van der Waals surface area contributed by atoms with E-state index in [4.69, 9.17) is 14.2 Å². The Hall–Kier alpha value is -4.16. The second-order valence-electron chi connectivity index (χ2n) is 8.18. The van der Waals surface area contributed by atoms with Gasteiger partial charge in [-0.25, -0.2) is 8.42 Å². The second-order valence-corrected chi connectivity index (χ2v) is 10.0. The molecule has 5 rings (SSSR count). The standard InChI is InChI=1S/C24H20N2O9S/c1-33-23(28)11-19-16-4-2-3-5-17(16)24(18-10-21-22(12-20(18)27)35-13-34-21)25(19)36(31,32)15-8-6-14(7-9-15)26(29)30/h2-10,12,19,24,27H,11,13H2,1H3/t19-,24-/m0/s1. The van der Waals surface area contributed by atoms with Crippen molar-refractivity contribution < 1.29 is 37.5 Å². The maximum absolute atomic E-state index is 14.1. The van der Waals surface area contributed by atoms with Crippen LogP contribution in [0.2, 0.25) is 0 Å². The van der Waals surface area contributed by atoms with E-state index in [1.165, 1.54) is 19.2 Å². The van der Waals surface area contributed by atoms with Crippen LogP contribution >= 0.6 is 0 Å². The van der Waals surface area contributed by atoms with Crippen LogP contribution in [0, 0.1) is 10.1 Å². The molecule has 1 N–H and O–H groups in total. The molecular formula is C24H20N2O9S. The Labute approximate surface area is 205 Å². The number of phenolic OH excluding ortho intramolecular Hbond substituents is 1. The van der Waals surface area contributed by atoms with Crippen molar-refractivity contribution in [3.8, 4) is 17.2 Å². The molecule has 11 nitrogen and oxygen atoms in total. The molecule has 0 bridgehead atoms. The van der Waals surface area contributed by atoms with Crippen molar-refractivity contribution in [3.05, 3.63) is 87.5 Å². The number of esters is 1. The summed E-state index contributed by atoms with van der Waals surface area (Å²) in [5, 5.41) is 22.0. The van der Waals surface area contributed by atoms with Crippen molar-refractivity contribution in [2.75, 3.05) is 13.9 Å². The van der Waals surface area contributed by atoms with E-state index in [0.29, 0.717) is 22.6 Å². The predicted octanol–water partition coefficient (Wildman–Crippen LogP) is 3.43. The van der Waals surface area contributed by atoms with Gasteiger partial charge in [-0.05, 0) is 29.3 Å². The van der Waals surface area contributed by atoms with Crippen LogP contribution in [0.3, 0.4) is 0 Å². The molecule has 3 aromatic carbocycles. The summed E-state index contributed by atoms with van der Waals surface area (Å²) in [5.74, 6) is -0.196. The summed E-state index contributed by atoms with van der Waals surface area (Å²) in [6.45, 7) is -0.0464. The number of ether oxygens (including phenoxy) is 3. The highest BCUT2D eigenvalue weighted by molar-refractivity contribution is 7.89. The lowest BCUT2D eigenvalue weighted by molar-refractivity contribution is -0.384. The lowest BCUT2D eigenvalue weighted by Gasteiger charge is -2.30. The van der Waals surface area contributed by atoms with Crippen molar-refractivity contribution in [1.82, 2.24) is 4.31 Å². The van der Waals surface area contributed by atoms with Crippen LogP contribution in [0.1, 0.15) is 35.2 Å². The highest BCUT2D eigenvalue weighted by Crippen LogP contribution is 2.53. The largest absolute Gasteiger partial charge is 0.507 e. The third-order valence-corrected chi connectivity index (χ3v) is 8.13. The Bertz CT molecular complexity index is 1470. The number of nitro benzene ring substituents is 1. The Morgan fingerprint density at radius 2 is 1.72 bits per heavy atom. The normalized spacial score (nSPS) is 18.6. The molecule has 2 aliphatic heterocycles. The average molecular weight is 512 g/mol. The average Bonchev–Trinajstić information content (AvgIpc) is 3.45. The molecule has 0 fully saturated rings. The molecule has 0 spiro atoms. The summed E-state index contributed by atoms with van der Waals surface area (Å²) in [4.78, 5) is 22.6. The predicted molar refractivity (Wildman–Crippen MR) is 124 cm³/mol. The highest BCUT2D eigenvalue weighted by Gasteiger charge is 2.48. The summed E-state index contributed by atoms with van der Waals surface area (Å²) >= 11 is 0. The number of nitrogens with zero attached hydrogens (tertiary/aromatic N) is 2. The number of phenols is 1. The van der Waals surface area contributed by atoms with Crippen molar-refractivity contribution >= 4 is 21.7 Å². The van der Waals surface area contributed by atoms with E-state index < -0.39 is 33.0 Å². The lowest BCUT2D eigenvalue weighted by Crippen LogP contribution is -2.35. The number of non-ortho nitro benzene ring substituents is 1. The fourth-order valence-electron chi connectivity index (χ4n) is 4.60. The Morgan fingerprint density at radius 3 is 2.36 bits per heavy atom. The van der Waals surface area contributed by atoms with Gasteiger partial charge in [0, 0.05) is 23.8 Å². The quantitative estimate of drug-likeness (QED) is 0.298. The molecule has 186 valence electrons. The molecule has 0 saturated carbocycles. The minimum absolute atomic E-state index is 0.0464. The molecular weight excluding hydrogens is 492 g/mol. The molecule has 0 unspecified atom stereocenters. The van der Waals surface area contributed by atoms with E-state index in [2.05, 4.69) is 0 Å². The van der Waals surface area contributed by atoms with Gasteiger partial charge in [0.15, 0.2) is 11.5 Å². The molecule has 2 aliphatic rings. The maximum atomic E-state index is 14.1. The van der Waals surface area contributed by atoms with Gasteiger partial charge in [0.1, 0.15) is 5.75 Å². The number of benzene rings is 3. The molecule has 0 radical (unpaired) electrons. The SMILES string of the molecule is COC(=O)C[C@H]1c2ccccc2[C@@H](c2cc3c(cc2O)OCO3)N1S(=O)(=O)c1ccc([N+](=O)[O-])cc1. The van der Waals surface area contributed by atoms with Gasteiger partial charge in [-0.3, -0.25) is 14.9 Å². The summed E-state index contributed by atoms with van der Waals surface area (Å²) in [6, 6.07) is 12.2. The van der Waals surface area contributed by atoms with E-state index >= 15 is 0 Å². The van der Waals surface area contributed by atoms with Crippen LogP contribution in [0.15, 0.2) is 65.6 Å². The zero-order chi connectivity index (χ0) is 25.6. The molecule has 3 aromatic rings. The Morgan fingerprint density at radius 1 is 1.08 bits per heavy atom. The summed E-state index contributed by atoms with van der Waals surface area (Å²) < 4.78 is 44.9. The van der Waals surface area contributed by atoms with Gasteiger partial charge in [-0.1, -0.05) is 24.3 Å². The van der Waals surface area contributed by atoms with Crippen LogP contribution in [-0.4, -0.2) is 42.6 Å². The zero-order valence-corrected chi connectivity index (χ0v) is 19.7. The fourth-order valence-corrected chi connectivity index (χ4v) is 6.35. The number of sulfonamides is 1. The maximum Gasteiger partial charge on any atom is 0.307 e. The topological polar surface area (TPSA) is 146 Å². The Balaban J connectivity index is 1.72. The van der Waals surface area contributed by atoms with Crippen LogP contribution < -0.4 is 9.47 Å². The van der Waals surface area contributed by atoms with Gasteiger partial charge in [0.2, 0.25) is 16.8 Å². The number of methoxy groups -OCH3 is 1. The highest BCUT2D eigenvalue weighted by atomic mass is 32.2. The van der Waals surface area contributed by atoms with Crippen molar-refractivity contribution in [1.29, 1.82) is 0 Å². The van der Waals surface area contributed by atoms with E-state index in [1.807, 2.05) is 0 Å². The number of hydrogen-bond acceptors (Lipinski definition) is 9. The van der Waals surface area contributed by atoms with Crippen molar-refractivity contribution in [2.24, 2.45) is 0 Å². The summed E-state index contributed by atoms with van der Waals surface area (Å²) in [7, 11) is -3.15. The molecule has 2 heterocycles. The number of hydrogen-bond donors (Lipinski definition) is 1. The molecule has 0 saturated heterocycles. The third kappa shape index (κ3) is 3.80. The molecule has 36 heavy (non-hydrogen) atoms. The van der Waals surface area contributed by atoms with Gasteiger partial charge in [0.25, 0.3) is 5.69 Å². The van der Waals surface area contributed by atoms with Gasteiger partial charge in [-0.2, -0.15) is 4.31 Å². The van der Waals surface area contributed by atoms with Gasteiger partial charge in [-0.15, -0.1) is 0 Å². The molecule has 0 amide bonds. The van der Waals surface area contributed by atoms with E-state index in [1.54, 1.807) is 24.3 Å². The minimum Gasteiger partial charge on any atom is -0.507 e. The summed E-state index contributed by atoms with van der Waals surface area (Å²) in [6.07, 6.45) is -0.290. The molecule has 0 aliphatic carbocycles. The first-order valence-electron chi connectivity index (χ1n) is 10.8. The summed E-state index contributed by atoms with van der Waals surface area (Å²) in [5.41, 5.74) is 1.08. The van der Waals surface area contributed by atoms with Crippen LogP contribution in [-0.2, 0) is 19.6 Å². The molecule has 2 atom stereocenters. The first kappa shape index (κ1) is 23.6. The van der Waals surface area contributed by atoms with E-state index in [9.17, 15) is 28.4 Å². The monoisotopic (exact) mass is 512 g/mol. The lowest BCUT2D eigenvalue weighted by atomic mass is 9.96. The number of carbonyl (C=O) groups is 1. The minimum atomic E-state index is -4.36. The second kappa shape index (κ2) is 8.81. The van der Waals surface area contributed by atoms with Gasteiger partial charge < -0.3 is 19.3 Å². The molecule has 12 heteroatoms. The first-order chi connectivity index (χ1) is 17.2. The van der Waals surface area contributed by atoms with Gasteiger partial charge in [0.05, 0.1) is 35.4 Å². The zero-order valence-electron chi connectivity index (χ0n) is 18.9. The number of aromatic hydroxyl groups is 1. The van der Waals surface area contributed by atoms with Gasteiger partial charge >= 0.3 is 5.97 Å². The van der Waals surface area contributed by atoms with Crippen LogP contribution in [0.25, 0.3) is 0 Å². The Kier molecular flexibility index (Phi) is 5.77. The van der Waals surface area contributed by atoms with Crippen molar-refractivity contribution in [3.63, 3.8) is 0 Å². The smallest absolute Gasteiger partial charge is 0.307 e. The van der Waals surface area contributed by atoms with Crippen LogP contribution in [0.5, 0.6) is 17.2 Å². The number of nitro groups is 1. The van der Waals surface area contributed by atoms with Crippen molar-refractivity contribution in [2.45, 2.75) is 23.4 Å². The molecule has 0 aromatic heterocycles. The van der Waals surface area contributed by atoms with E-state index in [-0.39, 0.29) is 35.1 Å².